The van der Waals surface area contributed by atoms with Crippen LogP contribution in [0.5, 0.6) is 0 Å². The van der Waals surface area contributed by atoms with E-state index in [1.165, 1.54) is 6.42 Å². The lowest BCUT2D eigenvalue weighted by molar-refractivity contribution is -0.142. The largest absolute Gasteiger partial charge is 0.481 e. The van der Waals surface area contributed by atoms with Crippen molar-refractivity contribution in [2.45, 2.75) is 268 Å². The summed E-state index contributed by atoms with van der Waals surface area (Å²) in [6, 6.07) is -3.15. The molecule has 0 saturated heterocycles. The minimum atomic E-state index is -0.810. The van der Waals surface area contributed by atoms with Crippen LogP contribution in [0.2, 0.25) is 0 Å². The third-order valence-electron chi connectivity index (χ3n) is 14.4. The van der Waals surface area contributed by atoms with Crippen molar-refractivity contribution in [2.24, 2.45) is 139 Å². The first-order chi connectivity index (χ1) is 42.7. The van der Waals surface area contributed by atoms with E-state index < -0.39 is 48.1 Å². The van der Waals surface area contributed by atoms with Crippen LogP contribution in [0.25, 0.3) is 0 Å². The van der Waals surface area contributed by atoms with Crippen molar-refractivity contribution in [2.75, 3.05) is 52.4 Å². The first-order valence-electron chi connectivity index (χ1n) is 33.8. The van der Waals surface area contributed by atoms with Gasteiger partial charge in [-0.1, -0.05) is 148 Å². The number of carboxylic acid groups (broad SMARTS) is 1. The van der Waals surface area contributed by atoms with Gasteiger partial charge in [-0.2, -0.15) is 0 Å². The standard InChI is InChI=1S/C10H20N2O2S.2C10H22N2O.C10H22N2S.2C7H16N2O.2C6H14N2O/c1-6(2)3-7(10(13)14)4-9(15)8(12)5-11;1-7(2)4-8(3)5-10(13)9(12)6-11;1-4-7(2)8(3)5-10(13)9(12)6-11;1-7(2)4-8(3)5-10(13)9(12)6-11;2*1-2-3-4-7(10)6(9)5-8;2*1-2-3-6(9)5(8)4-7/h6-8H,3-5,11-12H2,1-2H3,(H,13,14);3*7-9H,4-6,11-12H2,1-3H3;2*6H,2-5,8-9H2,1H3;2*5H,2-4,7-8H2,1H3/t7-,8+;8?,9-;7?,8-,9-;8-,9+;2*6-;2*5-/m10011000/s1. The molecule has 0 aliphatic heterocycles. The lowest BCUT2D eigenvalue weighted by atomic mass is 9.88. The van der Waals surface area contributed by atoms with Gasteiger partial charge in [0, 0.05) is 113 Å². The van der Waals surface area contributed by atoms with Gasteiger partial charge in [0.25, 0.3) is 0 Å². The Morgan fingerprint density at radius 1 is 0.326 bits per heavy atom. The van der Waals surface area contributed by atoms with Crippen LogP contribution in [0.1, 0.15) is 219 Å². The molecule has 2 unspecified atom stereocenters. The van der Waals surface area contributed by atoms with E-state index in [9.17, 15) is 33.6 Å². The fourth-order valence-electron chi connectivity index (χ4n) is 8.06. The average Bonchev–Trinajstić information content (AvgIpc) is 1.98. The Bertz CT molecular complexity index is 1780. The van der Waals surface area contributed by atoms with Gasteiger partial charge in [0.05, 0.1) is 42.2 Å². The minimum absolute atomic E-state index is 0.0694. The number of Topliss-reactive ketones (excluding diaryl/α,β-unsaturated/α-hetero) is 6. The van der Waals surface area contributed by atoms with Crippen LogP contribution in [-0.2, 0) is 33.6 Å². The number of hydrogen-bond acceptors (Lipinski definition) is 25. The maximum atomic E-state index is 11.4. The Balaban J connectivity index is -0.000000147. The Kier molecular flexibility index (Phi) is 79.2. The van der Waals surface area contributed by atoms with Crippen LogP contribution >= 0.6 is 24.4 Å². The SMILES string of the molecule is CC(C)CC(C)CC(=O)[C@@H](N)CN.CC(C)C[C@@H](C)CC(=S)[C@@H](N)CN.CC(C)C[C@H](CC(=S)[C@@H](N)CN)C(=O)O.CCC(C)[C@@H](C)CC(=O)[C@@H](N)CN.CCCC(=O)[C@@H](N)CN.CCCC(=O)[C@@H](N)CN.CCCCC(=O)[C@@H](N)CN.CCCCC(=O)[C@H](N)CN. The maximum Gasteiger partial charge on any atom is 0.306 e. The molecule has 0 aromatic rings. The molecule has 24 nitrogen and oxygen atoms in total. The Labute approximate surface area is 570 Å². The first-order valence-corrected chi connectivity index (χ1v) is 34.6. The molecule has 0 aromatic carbocycles. The molecule has 0 aliphatic rings. The molecule has 0 spiro atoms. The van der Waals surface area contributed by atoms with Gasteiger partial charge in [0.15, 0.2) is 34.7 Å². The molecule has 550 valence electrons. The molecule has 33 N–H and O–H groups in total. The van der Waals surface area contributed by atoms with Crippen LogP contribution in [0.15, 0.2) is 0 Å². The topological polar surface area (TPSA) is 556 Å². The van der Waals surface area contributed by atoms with E-state index in [2.05, 4.69) is 62.3 Å². The highest BCUT2D eigenvalue weighted by Crippen LogP contribution is 2.20. The molecular formula is C66H146N16O8S2. The van der Waals surface area contributed by atoms with Gasteiger partial charge in [-0.3, -0.25) is 33.6 Å². The van der Waals surface area contributed by atoms with Crippen molar-refractivity contribution >= 4 is 74.8 Å². The van der Waals surface area contributed by atoms with E-state index in [1.54, 1.807) is 0 Å². The number of nitrogens with two attached hydrogens (primary N) is 16. The molecule has 0 radical (unpaired) electrons. The summed E-state index contributed by atoms with van der Waals surface area (Å²) in [5.74, 6) is 3.00. The van der Waals surface area contributed by atoms with Crippen molar-refractivity contribution < 1.29 is 38.7 Å². The van der Waals surface area contributed by atoms with Gasteiger partial charge >= 0.3 is 5.97 Å². The third-order valence-corrected chi connectivity index (χ3v) is 15.4. The number of aliphatic carboxylic acids is 1. The fraction of sp³-hybridized carbons (Fsp3) is 0.864. The third kappa shape index (κ3) is 68.4. The molecule has 0 bridgehead atoms. The second-order valence-electron chi connectivity index (χ2n) is 25.5. The molecule has 26 heteroatoms. The molecule has 0 rings (SSSR count). The van der Waals surface area contributed by atoms with Gasteiger partial charge < -0.3 is 96.8 Å². The van der Waals surface area contributed by atoms with Crippen molar-refractivity contribution in [3.8, 4) is 0 Å². The predicted octanol–water partition coefficient (Wildman–Crippen LogP) is 3.67. The van der Waals surface area contributed by atoms with Gasteiger partial charge in [0.2, 0.25) is 0 Å². The van der Waals surface area contributed by atoms with Crippen LogP contribution in [0.3, 0.4) is 0 Å². The van der Waals surface area contributed by atoms with E-state index in [0.29, 0.717) is 98.3 Å². The zero-order valence-electron chi connectivity index (χ0n) is 60.5. The quantitative estimate of drug-likeness (QED) is 0.0387. The number of carboxylic acids is 1. The zero-order valence-corrected chi connectivity index (χ0v) is 62.1. The lowest BCUT2D eigenvalue weighted by Gasteiger charge is -2.18. The number of carbonyl (C=O) groups is 7. The molecule has 13 atom stereocenters. The van der Waals surface area contributed by atoms with E-state index >= 15 is 0 Å². The highest BCUT2D eigenvalue weighted by Gasteiger charge is 2.23. The number of hydrogen-bond donors (Lipinski definition) is 17. The summed E-state index contributed by atoms with van der Waals surface area (Å²) in [5.41, 5.74) is 86.0. The monoisotopic (exact) mass is 1360 g/mol. The predicted molar refractivity (Wildman–Crippen MR) is 395 cm³/mol. The zero-order chi connectivity index (χ0) is 73.8. The molecule has 0 fully saturated rings. The van der Waals surface area contributed by atoms with E-state index in [-0.39, 0.29) is 92.6 Å². The van der Waals surface area contributed by atoms with Crippen LogP contribution in [-0.4, -0.2) is 156 Å². The second kappa shape index (κ2) is 69.4. The molecule has 0 aromatic heterocycles. The number of thiocarbonyl (C=S) groups is 2. The molecule has 0 aliphatic carbocycles. The maximum absolute atomic E-state index is 11.4. The second-order valence-corrected chi connectivity index (χ2v) is 26.5. The van der Waals surface area contributed by atoms with Crippen LogP contribution in [0, 0.1) is 47.3 Å². The molecule has 0 heterocycles. The Morgan fingerprint density at radius 2 is 0.587 bits per heavy atom. The first kappa shape index (κ1) is 105. The molecule has 0 saturated carbocycles. The Hall–Kier alpha value is -2.97. The minimum Gasteiger partial charge on any atom is -0.481 e. The van der Waals surface area contributed by atoms with E-state index in [1.807, 2.05) is 41.5 Å². The van der Waals surface area contributed by atoms with Gasteiger partial charge in [0.1, 0.15) is 0 Å². The van der Waals surface area contributed by atoms with Crippen molar-refractivity contribution in [1.29, 1.82) is 0 Å². The molecular weight excluding hydrogens is 1210 g/mol. The highest BCUT2D eigenvalue weighted by molar-refractivity contribution is 7.80. The summed E-state index contributed by atoms with van der Waals surface area (Å²) in [7, 11) is 0. The van der Waals surface area contributed by atoms with Crippen LogP contribution in [0.4, 0.5) is 0 Å². The normalized spacial score (nSPS) is 14.9. The fourth-order valence-corrected chi connectivity index (χ4v) is 8.74. The average molecular weight is 1360 g/mol. The smallest absolute Gasteiger partial charge is 0.306 e. The highest BCUT2D eigenvalue weighted by atomic mass is 32.1. The van der Waals surface area contributed by atoms with E-state index in [0.717, 1.165) is 68.6 Å². The van der Waals surface area contributed by atoms with Crippen LogP contribution < -0.4 is 91.7 Å². The van der Waals surface area contributed by atoms with Gasteiger partial charge in [-0.05, 0) is 99.2 Å². The van der Waals surface area contributed by atoms with Crippen molar-refractivity contribution in [3.63, 3.8) is 0 Å². The summed E-state index contributed by atoms with van der Waals surface area (Å²) in [5, 5.41) is 8.99. The number of ketones is 6. The number of carbonyl (C=O) groups excluding carboxylic acids is 6. The molecule has 92 heavy (non-hydrogen) atoms. The summed E-state index contributed by atoms with van der Waals surface area (Å²) in [6.07, 6.45) is 14.3. The summed E-state index contributed by atoms with van der Waals surface area (Å²) in [4.78, 5) is 78.6. The number of rotatable bonds is 43. The summed E-state index contributed by atoms with van der Waals surface area (Å²) < 4.78 is 0. The lowest BCUT2D eigenvalue weighted by Crippen LogP contribution is -2.38. The van der Waals surface area contributed by atoms with Gasteiger partial charge in [-0.25, -0.2) is 0 Å². The Morgan fingerprint density at radius 3 is 0.837 bits per heavy atom. The summed E-state index contributed by atoms with van der Waals surface area (Å²) >= 11 is 10.3. The number of unbranched alkanes of at least 4 members (excludes halogenated alkanes) is 2. The summed E-state index contributed by atoms with van der Waals surface area (Å²) in [6.45, 7) is 33.7. The van der Waals surface area contributed by atoms with Crippen molar-refractivity contribution in [1.82, 2.24) is 0 Å². The van der Waals surface area contributed by atoms with Gasteiger partial charge in [-0.15, -0.1) is 0 Å². The van der Waals surface area contributed by atoms with Crippen molar-refractivity contribution in [3.05, 3.63) is 0 Å². The van der Waals surface area contributed by atoms with E-state index in [4.69, 9.17) is 121 Å². The molecule has 0 amide bonds.